The van der Waals surface area contributed by atoms with Crippen molar-refractivity contribution < 1.29 is 9.90 Å². The van der Waals surface area contributed by atoms with Gasteiger partial charge in [0.1, 0.15) is 6.54 Å². The Morgan fingerprint density at radius 1 is 1.21 bits per heavy atom. The summed E-state index contributed by atoms with van der Waals surface area (Å²) in [5.41, 5.74) is 0.270. The topological polar surface area (TPSA) is 75.4 Å². The summed E-state index contributed by atoms with van der Waals surface area (Å²) < 4.78 is 1.15. The molecule has 0 fully saturated rings. The lowest BCUT2D eigenvalue weighted by atomic mass is 10.1. The van der Waals surface area contributed by atoms with Gasteiger partial charge in [-0.3, -0.25) is 9.59 Å². The molecule has 0 bridgehead atoms. The van der Waals surface area contributed by atoms with E-state index in [1.54, 1.807) is 31.7 Å². The van der Waals surface area contributed by atoms with Crippen LogP contribution >= 0.6 is 0 Å². The van der Waals surface area contributed by atoms with Crippen LogP contribution in [0.2, 0.25) is 0 Å². The Bertz CT molecular complexity index is 748. The molecule has 0 atom stereocenters. The highest BCUT2D eigenvalue weighted by Crippen LogP contribution is 2.11. The molecule has 6 nitrogen and oxygen atoms in total. The van der Waals surface area contributed by atoms with Gasteiger partial charge in [-0.25, -0.2) is 4.68 Å². The number of hydrogen-bond acceptors (Lipinski definition) is 4. The average Bonchev–Trinajstić information content (AvgIpc) is 2.50. The van der Waals surface area contributed by atoms with E-state index in [4.69, 9.17) is 0 Å². The van der Waals surface area contributed by atoms with Gasteiger partial charge in [0.05, 0.1) is 11.3 Å². The van der Waals surface area contributed by atoms with E-state index in [9.17, 15) is 14.7 Å². The summed E-state index contributed by atoms with van der Waals surface area (Å²) in [6.07, 6.45) is 0. The van der Waals surface area contributed by atoms with Crippen LogP contribution in [0.25, 0.3) is 0 Å². The lowest BCUT2D eigenvalue weighted by Gasteiger charge is -2.29. The van der Waals surface area contributed by atoms with Crippen LogP contribution in [-0.2, 0) is 17.9 Å². The van der Waals surface area contributed by atoms with Crippen molar-refractivity contribution in [2.45, 2.75) is 39.5 Å². The normalized spacial score (nSPS) is 11.3. The number of carbonyl (C=O) groups excluding carboxylic acids is 1. The molecule has 2 rings (SSSR count). The van der Waals surface area contributed by atoms with Crippen molar-refractivity contribution in [3.05, 3.63) is 64.1 Å². The molecule has 1 N–H and O–H groups in total. The Kier molecular flexibility index (Phi) is 5.51. The van der Waals surface area contributed by atoms with Crippen molar-refractivity contribution in [3.63, 3.8) is 0 Å². The van der Waals surface area contributed by atoms with E-state index in [1.807, 2.05) is 30.3 Å². The Morgan fingerprint density at radius 3 is 2.50 bits per heavy atom. The van der Waals surface area contributed by atoms with E-state index in [2.05, 4.69) is 5.10 Å². The van der Waals surface area contributed by atoms with Crippen molar-refractivity contribution in [1.82, 2.24) is 14.7 Å². The number of amides is 1. The van der Waals surface area contributed by atoms with E-state index in [1.165, 1.54) is 6.07 Å². The maximum Gasteiger partial charge on any atom is 0.267 e. The van der Waals surface area contributed by atoms with E-state index < -0.39 is 5.60 Å². The van der Waals surface area contributed by atoms with Crippen LogP contribution in [0.4, 0.5) is 0 Å². The number of aliphatic hydroxyl groups is 1. The molecule has 0 spiro atoms. The van der Waals surface area contributed by atoms with Gasteiger partial charge in [0.2, 0.25) is 5.91 Å². The molecule has 1 amide bonds. The van der Waals surface area contributed by atoms with Crippen molar-refractivity contribution in [1.29, 1.82) is 0 Å². The largest absolute Gasteiger partial charge is 0.389 e. The molecule has 6 heteroatoms. The molecule has 24 heavy (non-hydrogen) atoms. The monoisotopic (exact) mass is 329 g/mol. The van der Waals surface area contributed by atoms with Gasteiger partial charge in [-0.1, -0.05) is 30.3 Å². The van der Waals surface area contributed by atoms with Crippen molar-refractivity contribution >= 4 is 5.91 Å². The number of aryl methyl sites for hydroxylation is 1. The van der Waals surface area contributed by atoms with E-state index in [-0.39, 0.29) is 24.6 Å². The Morgan fingerprint density at radius 2 is 1.88 bits per heavy atom. The maximum atomic E-state index is 12.7. The highest BCUT2D eigenvalue weighted by atomic mass is 16.3. The van der Waals surface area contributed by atoms with E-state index >= 15 is 0 Å². The van der Waals surface area contributed by atoms with E-state index in [0.717, 1.165) is 10.2 Å². The summed E-state index contributed by atoms with van der Waals surface area (Å²) in [6, 6.07) is 12.5. The van der Waals surface area contributed by atoms with Gasteiger partial charge >= 0.3 is 0 Å². The molecule has 1 aromatic heterocycles. The number of nitrogens with zero attached hydrogens (tertiary/aromatic N) is 3. The molecule has 0 aliphatic heterocycles. The van der Waals surface area contributed by atoms with Crippen molar-refractivity contribution in [3.8, 4) is 0 Å². The number of rotatable bonds is 6. The molecule has 0 saturated heterocycles. The van der Waals surface area contributed by atoms with Gasteiger partial charge in [0.15, 0.2) is 0 Å². The first kappa shape index (κ1) is 17.9. The number of carbonyl (C=O) groups is 1. The molecule has 0 aliphatic rings. The zero-order valence-corrected chi connectivity index (χ0v) is 14.3. The third kappa shape index (κ3) is 5.31. The Labute approximate surface area is 141 Å². The Balaban J connectivity index is 2.20. The second kappa shape index (κ2) is 7.40. The summed E-state index contributed by atoms with van der Waals surface area (Å²) in [5, 5.41) is 14.2. The molecule has 0 unspecified atom stereocenters. The smallest absolute Gasteiger partial charge is 0.267 e. The number of aromatic nitrogens is 2. The molecule has 0 aliphatic carbocycles. The van der Waals surface area contributed by atoms with Crippen LogP contribution < -0.4 is 5.56 Å². The zero-order valence-electron chi connectivity index (χ0n) is 14.3. The minimum absolute atomic E-state index is 0.149. The van der Waals surface area contributed by atoms with Crippen molar-refractivity contribution in [2.75, 3.05) is 6.54 Å². The third-order valence-corrected chi connectivity index (χ3v) is 3.43. The SMILES string of the molecule is Cc1ccc(=O)n(CC(=O)N(Cc2ccccc2)CC(C)(C)O)n1. The van der Waals surface area contributed by atoms with Crippen LogP contribution in [-0.4, -0.2) is 37.8 Å². The quantitative estimate of drug-likeness (QED) is 0.868. The first-order valence-corrected chi connectivity index (χ1v) is 7.83. The molecule has 2 aromatic rings. The minimum Gasteiger partial charge on any atom is -0.389 e. The van der Waals surface area contributed by atoms with Crippen LogP contribution in [0.1, 0.15) is 25.1 Å². The summed E-state index contributed by atoms with van der Waals surface area (Å²) in [6.45, 7) is 5.44. The first-order chi connectivity index (χ1) is 11.2. The van der Waals surface area contributed by atoms with Gasteiger partial charge in [0, 0.05) is 19.2 Å². The standard InChI is InChI=1S/C18H23N3O3/c1-14-9-10-16(22)21(19-14)12-17(23)20(13-18(2,3)24)11-15-7-5-4-6-8-15/h4-10,24H,11-13H2,1-3H3. The summed E-state index contributed by atoms with van der Waals surface area (Å²) >= 11 is 0. The molecule has 128 valence electrons. The molecule has 0 saturated carbocycles. The van der Waals surface area contributed by atoms with Crippen LogP contribution in [0.5, 0.6) is 0 Å². The summed E-state index contributed by atoms with van der Waals surface area (Å²) in [4.78, 5) is 26.1. The fourth-order valence-corrected chi connectivity index (χ4v) is 2.40. The highest BCUT2D eigenvalue weighted by molar-refractivity contribution is 5.76. The first-order valence-electron chi connectivity index (χ1n) is 7.83. The fourth-order valence-electron chi connectivity index (χ4n) is 2.40. The lowest BCUT2D eigenvalue weighted by molar-refractivity contribution is -0.135. The highest BCUT2D eigenvalue weighted by Gasteiger charge is 2.23. The van der Waals surface area contributed by atoms with Gasteiger partial charge in [-0.05, 0) is 32.4 Å². The average molecular weight is 329 g/mol. The summed E-state index contributed by atoms with van der Waals surface area (Å²) in [5.74, 6) is -0.263. The fraction of sp³-hybridized carbons (Fsp3) is 0.389. The van der Waals surface area contributed by atoms with Gasteiger partial charge in [0.25, 0.3) is 5.56 Å². The number of hydrogen-bond donors (Lipinski definition) is 1. The van der Waals surface area contributed by atoms with Crippen LogP contribution in [0.3, 0.4) is 0 Å². The minimum atomic E-state index is -1.03. The van der Waals surface area contributed by atoms with Gasteiger partial charge in [-0.15, -0.1) is 0 Å². The second-order valence-corrected chi connectivity index (χ2v) is 6.52. The van der Waals surface area contributed by atoms with Gasteiger partial charge in [-0.2, -0.15) is 5.10 Å². The zero-order chi connectivity index (χ0) is 17.7. The van der Waals surface area contributed by atoms with Crippen LogP contribution in [0.15, 0.2) is 47.3 Å². The summed E-state index contributed by atoms with van der Waals surface area (Å²) in [7, 11) is 0. The molecular weight excluding hydrogens is 306 g/mol. The predicted molar refractivity (Wildman–Crippen MR) is 91.4 cm³/mol. The van der Waals surface area contributed by atoms with Crippen LogP contribution in [0, 0.1) is 6.92 Å². The second-order valence-electron chi connectivity index (χ2n) is 6.52. The van der Waals surface area contributed by atoms with Gasteiger partial charge < -0.3 is 10.0 Å². The molecular formula is C18H23N3O3. The van der Waals surface area contributed by atoms with Crippen molar-refractivity contribution in [2.24, 2.45) is 0 Å². The molecule has 0 radical (unpaired) electrons. The Hall–Kier alpha value is -2.47. The predicted octanol–water partition coefficient (Wildman–Crippen LogP) is 1.35. The molecule has 1 aromatic carbocycles. The number of benzene rings is 1. The molecule has 1 heterocycles. The lowest BCUT2D eigenvalue weighted by Crippen LogP contribution is -2.44. The maximum absolute atomic E-state index is 12.7. The third-order valence-electron chi connectivity index (χ3n) is 3.43. The van der Waals surface area contributed by atoms with E-state index in [0.29, 0.717) is 12.2 Å².